The van der Waals surface area contributed by atoms with Crippen molar-refractivity contribution in [1.82, 2.24) is 0 Å². The molecule has 5 atom stereocenters. The van der Waals surface area contributed by atoms with Crippen molar-refractivity contribution in [1.29, 1.82) is 0 Å². The van der Waals surface area contributed by atoms with E-state index in [1.165, 1.54) is 20.1 Å². The van der Waals surface area contributed by atoms with Gasteiger partial charge in [0.2, 0.25) is 5.78 Å². The van der Waals surface area contributed by atoms with Crippen molar-refractivity contribution in [2.24, 2.45) is 5.92 Å². The molecule has 8 heteroatoms. The van der Waals surface area contributed by atoms with Crippen molar-refractivity contribution in [2.75, 3.05) is 7.11 Å². The summed E-state index contributed by atoms with van der Waals surface area (Å²) < 4.78 is 4.96. The fourth-order valence-electron chi connectivity index (χ4n) is 3.60. The zero-order valence-corrected chi connectivity index (χ0v) is 13.1. The SMILES string of the molecule is COc1cc(O)c2c(c1)C(=O)[C@@H]1C[C@](C)(O)[C@H](O)[C@H](O)[C@]1(O)C2=O. The highest BCUT2D eigenvalue weighted by Gasteiger charge is 2.66. The number of carbonyl (C=O) groups is 2. The lowest BCUT2D eigenvalue weighted by molar-refractivity contribution is -0.214. The summed E-state index contributed by atoms with van der Waals surface area (Å²) in [5.74, 6) is -3.70. The summed E-state index contributed by atoms with van der Waals surface area (Å²) in [6.45, 7) is 1.21. The lowest BCUT2D eigenvalue weighted by Crippen LogP contribution is -2.72. The van der Waals surface area contributed by atoms with Gasteiger partial charge in [-0.2, -0.15) is 0 Å². The first-order valence-electron chi connectivity index (χ1n) is 7.36. The summed E-state index contributed by atoms with van der Waals surface area (Å²) in [5, 5.41) is 51.3. The minimum Gasteiger partial charge on any atom is -0.507 e. The number of phenolic OH excluding ortho intramolecular Hbond substituents is 1. The molecule has 0 bridgehead atoms. The van der Waals surface area contributed by atoms with Gasteiger partial charge in [0.15, 0.2) is 11.4 Å². The summed E-state index contributed by atoms with van der Waals surface area (Å²) in [6, 6.07) is 2.36. The van der Waals surface area contributed by atoms with E-state index in [1.54, 1.807) is 0 Å². The van der Waals surface area contributed by atoms with Crippen LogP contribution in [0.2, 0.25) is 0 Å². The molecule has 0 aromatic heterocycles. The normalized spacial score (nSPS) is 38.5. The van der Waals surface area contributed by atoms with E-state index in [9.17, 15) is 35.1 Å². The molecular formula is C16H18O8. The van der Waals surface area contributed by atoms with Crippen LogP contribution in [0.15, 0.2) is 12.1 Å². The topological polar surface area (TPSA) is 145 Å². The minimum absolute atomic E-state index is 0.140. The maximum atomic E-state index is 12.8. The predicted octanol–water partition coefficient (Wildman–Crippen LogP) is -0.996. The molecule has 1 aromatic carbocycles. The number of ketones is 2. The van der Waals surface area contributed by atoms with E-state index >= 15 is 0 Å². The Hall–Kier alpha value is -2.00. The molecule has 1 aromatic rings. The molecule has 2 aliphatic rings. The molecule has 8 nitrogen and oxygen atoms in total. The number of phenols is 1. The van der Waals surface area contributed by atoms with E-state index in [0.717, 1.165) is 6.07 Å². The van der Waals surface area contributed by atoms with Crippen LogP contribution < -0.4 is 4.74 Å². The molecule has 0 heterocycles. The average Bonchev–Trinajstić information content (AvgIpc) is 2.53. The Morgan fingerprint density at radius 3 is 2.38 bits per heavy atom. The van der Waals surface area contributed by atoms with E-state index in [1.807, 2.05) is 0 Å². The first kappa shape index (κ1) is 16.8. The zero-order valence-electron chi connectivity index (χ0n) is 13.1. The molecule has 1 saturated carbocycles. The van der Waals surface area contributed by atoms with Gasteiger partial charge in [0.05, 0.1) is 24.2 Å². The van der Waals surface area contributed by atoms with E-state index < -0.39 is 58.6 Å². The van der Waals surface area contributed by atoms with Gasteiger partial charge in [0.1, 0.15) is 23.7 Å². The number of hydrogen-bond acceptors (Lipinski definition) is 8. The summed E-state index contributed by atoms with van der Waals surface area (Å²) >= 11 is 0. The van der Waals surface area contributed by atoms with Gasteiger partial charge in [-0.05, 0) is 19.4 Å². The number of aliphatic hydroxyl groups excluding tert-OH is 2. The van der Waals surface area contributed by atoms with Crippen LogP contribution in [0, 0.1) is 5.92 Å². The second-order valence-electron chi connectivity index (χ2n) is 6.59. The maximum Gasteiger partial charge on any atom is 0.202 e. The quantitative estimate of drug-likeness (QED) is 0.439. The number of rotatable bonds is 1. The van der Waals surface area contributed by atoms with E-state index in [-0.39, 0.29) is 11.3 Å². The third-order valence-corrected chi connectivity index (χ3v) is 5.04. The standard InChI is InChI=1S/C16H18O8/c1-15(22)5-8-11(18)7-3-6(24-2)4-9(17)10(7)12(19)16(8,23)14(21)13(15)20/h3-4,8,13-14,17,20-23H,5H2,1-2H3/t8-,13+,14-,15-,16+/m0/s1. The molecule has 0 amide bonds. The third-order valence-electron chi connectivity index (χ3n) is 5.04. The van der Waals surface area contributed by atoms with Crippen molar-refractivity contribution in [3.63, 3.8) is 0 Å². The number of aliphatic hydroxyl groups is 4. The van der Waals surface area contributed by atoms with Gasteiger partial charge in [0, 0.05) is 11.6 Å². The monoisotopic (exact) mass is 338 g/mol. The first-order chi connectivity index (χ1) is 11.1. The largest absolute Gasteiger partial charge is 0.507 e. The smallest absolute Gasteiger partial charge is 0.202 e. The number of benzene rings is 1. The van der Waals surface area contributed by atoms with Crippen LogP contribution in [0.1, 0.15) is 34.1 Å². The van der Waals surface area contributed by atoms with Gasteiger partial charge >= 0.3 is 0 Å². The van der Waals surface area contributed by atoms with Crippen LogP contribution in [0.5, 0.6) is 11.5 Å². The summed E-state index contributed by atoms with van der Waals surface area (Å²) in [4.78, 5) is 25.5. The third kappa shape index (κ3) is 1.94. The van der Waals surface area contributed by atoms with Gasteiger partial charge in [-0.3, -0.25) is 9.59 Å². The van der Waals surface area contributed by atoms with E-state index in [0.29, 0.717) is 0 Å². The molecule has 1 fully saturated rings. The Balaban J connectivity index is 2.25. The molecule has 24 heavy (non-hydrogen) atoms. The number of fused-ring (bicyclic) bond motifs is 2. The van der Waals surface area contributed by atoms with Crippen LogP contribution in [0.3, 0.4) is 0 Å². The number of carbonyl (C=O) groups excluding carboxylic acids is 2. The first-order valence-corrected chi connectivity index (χ1v) is 7.36. The van der Waals surface area contributed by atoms with Crippen LogP contribution >= 0.6 is 0 Å². The highest BCUT2D eigenvalue weighted by Crippen LogP contribution is 2.48. The molecule has 0 spiro atoms. The van der Waals surface area contributed by atoms with Crippen LogP contribution in [0.4, 0.5) is 0 Å². The lowest BCUT2D eigenvalue weighted by Gasteiger charge is -2.51. The van der Waals surface area contributed by atoms with Gasteiger partial charge in [-0.15, -0.1) is 0 Å². The second kappa shape index (κ2) is 5.00. The molecule has 5 N–H and O–H groups in total. The maximum absolute atomic E-state index is 12.8. The molecule has 0 unspecified atom stereocenters. The van der Waals surface area contributed by atoms with E-state index in [2.05, 4.69) is 0 Å². The molecule has 0 saturated heterocycles. The number of ether oxygens (including phenoxy) is 1. The number of methoxy groups -OCH3 is 1. The fraction of sp³-hybridized carbons (Fsp3) is 0.500. The van der Waals surface area contributed by atoms with Gasteiger partial charge in [-0.25, -0.2) is 0 Å². The van der Waals surface area contributed by atoms with Crippen molar-refractivity contribution < 1.29 is 39.9 Å². The number of aromatic hydroxyl groups is 1. The predicted molar refractivity (Wildman–Crippen MR) is 79.0 cm³/mol. The minimum atomic E-state index is -2.63. The molecule has 0 radical (unpaired) electrons. The van der Waals surface area contributed by atoms with Crippen molar-refractivity contribution in [3.05, 3.63) is 23.3 Å². The summed E-state index contributed by atoms with van der Waals surface area (Å²) in [5.41, 5.74) is -5.10. The Kier molecular flexibility index (Phi) is 3.51. The molecule has 0 aliphatic heterocycles. The van der Waals surface area contributed by atoms with Crippen LogP contribution in [-0.2, 0) is 0 Å². The van der Waals surface area contributed by atoms with Crippen molar-refractivity contribution >= 4 is 11.6 Å². The van der Waals surface area contributed by atoms with Gasteiger partial charge in [-0.1, -0.05) is 0 Å². The highest BCUT2D eigenvalue weighted by atomic mass is 16.5. The van der Waals surface area contributed by atoms with E-state index in [4.69, 9.17) is 4.74 Å². The lowest BCUT2D eigenvalue weighted by atomic mass is 9.58. The van der Waals surface area contributed by atoms with Crippen LogP contribution in [0.25, 0.3) is 0 Å². The summed E-state index contributed by atoms with van der Waals surface area (Å²) in [6.07, 6.45) is -4.35. The van der Waals surface area contributed by atoms with Gasteiger partial charge in [0.25, 0.3) is 0 Å². The zero-order chi connectivity index (χ0) is 18.0. The fourth-order valence-corrected chi connectivity index (χ4v) is 3.60. The molecule has 2 aliphatic carbocycles. The Bertz CT molecular complexity index is 740. The molecule has 130 valence electrons. The second-order valence-corrected chi connectivity index (χ2v) is 6.59. The highest BCUT2D eigenvalue weighted by molar-refractivity contribution is 6.21. The molecule has 3 rings (SSSR count). The van der Waals surface area contributed by atoms with Crippen molar-refractivity contribution in [3.8, 4) is 11.5 Å². The Morgan fingerprint density at radius 1 is 1.17 bits per heavy atom. The van der Waals surface area contributed by atoms with Crippen LogP contribution in [-0.4, -0.2) is 67.6 Å². The van der Waals surface area contributed by atoms with Crippen molar-refractivity contribution in [2.45, 2.75) is 36.8 Å². The average molecular weight is 338 g/mol. The Morgan fingerprint density at radius 2 is 1.79 bits per heavy atom. The Labute approximate surface area is 136 Å². The number of Topliss-reactive ketones (excluding diaryl/α,β-unsaturated/α-hetero) is 2. The molecular weight excluding hydrogens is 320 g/mol. The van der Waals surface area contributed by atoms with Gasteiger partial charge < -0.3 is 30.3 Å². The number of hydrogen-bond donors (Lipinski definition) is 5. The summed E-state index contributed by atoms with van der Waals surface area (Å²) in [7, 11) is 1.32.